The van der Waals surface area contributed by atoms with Gasteiger partial charge in [0.05, 0.1) is 0 Å². The summed E-state index contributed by atoms with van der Waals surface area (Å²) < 4.78 is 1.48. The number of aromatic nitrogens is 2. The van der Waals surface area contributed by atoms with Crippen molar-refractivity contribution >= 4 is 17.6 Å². The van der Waals surface area contributed by atoms with Gasteiger partial charge < -0.3 is 19.7 Å². The molecule has 2 aromatic heterocycles. The van der Waals surface area contributed by atoms with E-state index in [2.05, 4.69) is 4.98 Å². The predicted molar refractivity (Wildman–Crippen MR) is 59.5 cm³/mol. The van der Waals surface area contributed by atoms with Crippen LogP contribution in [0.5, 0.6) is 0 Å². The molecule has 0 radical (unpaired) electrons. The Hall–Kier alpha value is -2.41. The van der Waals surface area contributed by atoms with Crippen molar-refractivity contribution in [3.63, 3.8) is 0 Å². The molecule has 94 valence electrons. The van der Waals surface area contributed by atoms with Crippen LogP contribution in [0, 0.1) is 0 Å². The molecule has 0 saturated heterocycles. The maximum Gasteiger partial charge on any atom is 0.356 e. The second-order valence-corrected chi connectivity index (χ2v) is 3.79. The number of carboxylic acids is 2. The van der Waals surface area contributed by atoms with Gasteiger partial charge in [-0.2, -0.15) is 0 Å². The number of imidazole rings is 1. The number of carboxylic acid groups (broad SMARTS) is 2. The summed E-state index contributed by atoms with van der Waals surface area (Å²) in [5.74, 6) is -2.43. The third-order valence-electron chi connectivity index (χ3n) is 2.45. The first-order valence-corrected chi connectivity index (χ1v) is 5.09. The highest BCUT2D eigenvalue weighted by atomic mass is 16.4. The third-order valence-corrected chi connectivity index (χ3v) is 2.45. The highest BCUT2D eigenvalue weighted by Gasteiger charge is 2.14. The molecule has 2 rings (SSSR count). The number of rotatable bonds is 4. The van der Waals surface area contributed by atoms with Crippen molar-refractivity contribution in [3.05, 3.63) is 35.8 Å². The number of aromatic carboxylic acids is 1. The minimum atomic E-state index is -1.48. The van der Waals surface area contributed by atoms with Gasteiger partial charge in [-0.15, -0.1) is 0 Å². The lowest BCUT2D eigenvalue weighted by Crippen LogP contribution is -2.22. The molecule has 18 heavy (non-hydrogen) atoms. The van der Waals surface area contributed by atoms with Crippen LogP contribution >= 0.6 is 0 Å². The molecule has 1 atom stereocenters. The number of hydrogen-bond acceptors (Lipinski definition) is 4. The zero-order valence-electron chi connectivity index (χ0n) is 9.15. The molecule has 2 heterocycles. The molecule has 2 aromatic rings. The standard InChI is InChI=1S/C11H10N2O5/c14-8(11(17)18)3-6-1-2-9-12-7(10(15)16)5-13(9)4-6/h1-2,4-5,8,14H,3H2,(H,15,16)(H,17,18). The van der Waals surface area contributed by atoms with E-state index in [1.54, 1.807) is 18.3 Å². The molecule has 0 aromatic carbocycles. The molecule has 0 bridgehead atoms. The van der Waals surface area contributed by atoms with Crippen LogP contribution in [0.3, 0.4) is 0 Å². The summed E-state index contributed by atoms with van der Waals surface area (Å²) in [5, 5.41) is 26.6. The van der Waals surface area contributed by atoms with E-state index < -0.39 is 18.0 Å². The average Bonchev–Trinajstić information content (AvgIpc) is 2.71. The number of aliphatic carboxylic acids is 1. The zero-order chi connectivity index (χ0) is 13.3. The van der Waals surface area contributed by atoms with Gasteiger partial charge >= 0.3 is 11.9 Å². The van der Waals surface area contributed by atoms with Gasteiger partial charge in [0.25, 0.3) is 0 Å². The van der Waals surface area contributed by atoms with Crippen molar-refractivity contribution in [1.29, 1.82) is 0 Å². The Morgan fingerprint density at radius 1 is 1.28 bits per heavy atom. The van der Waals surface area contributed by atoms with E-state index in [0.29, 0.717) is 11.2 Å². The largest absolute Gasteiger partial charge is 0.479 e. The van der Waals surface area contributed by atoms with Crippen LogP contribution in [0.1, 0.15) is 16.1 Å². The van der Waals surface area contributed by atoms with Crippen molar-refractivity contribution in [3.8, 4) is 0 Å². The van der Waals surface area contributed by atoms with E-state index in [4.69, 9.17) is 10.2 Å². The van der Waals surface area contributed by atoms with Crippen LogP contribution in [0.4, 0.5) is 0 Å². The predicted octanol–water partition coefficient (Wildman–Crippen LogP) is 0.0205. The Bertz CT molecular complexity index is 619. The quantitative estimate of drug-likeness (QED) is 0.705. The fourth-order valence-electron chi connectivity index (χ4n) is 1.57. The minimum Gasteiger partial charge on any atom is -0.479 e. The lowest BCUT2D eigenvalue weighted by atomic mass is 10.1. The van der Waals surface area contributed by atoms with Crippen LogP contribution in [0.2, 0.25) is 0 Å². The summed E-state index contributed by atoms with van der Waals surface area (Å²) in [4.78, 5) is 25.1. The Balaban J connectivity index is 2.32. The number of aliphatic hydroxyl groups is 1. The second-order valence-electron chi connectivity index (χ2n) is 3.79. The Kier molecular flexibility index (Phi) is 2.99. The summed E-state index contributed by atoms with van der Waals surface area (Å²) in [6, 6.07) is 3.16. The van der Waals surface area contributed by atoms with Crippen LogP contribution in [0.15, 0.2) is 24.5 Å². The first-order valence-electron chi connectivity index (χ1n) is 5.09. The van der Waals surface area contributed by atoms with E-state index in [9.17, 15) is 14.7 Å². The number of carbonyl (C=O) groups is 2. The smallest absolute Gasteiger partial charge is 0.356 e. The average molecular weight is 250 g/mol. The summed E-state index contributed by atoms with van der Waals surface area (Å²) in [5.41, 5.74) is 0.929. The van der Waals surface area contributed by atoms with Crippen molar-refractivity contribution in [2.45, 2.75) is 12.5 Å². The molecule has 7 heteroatoms. The van der Waals surface area contributed by atoms with Gasteiger partial charge in [0, 0.05) is 18.8 Å². The highest BCUT2D eigenvalue weighted by Crippen LogP contribution is 2.10. The Labute approximate surface area is 101 Å². The lowest BCUT2D eigenvalue weighted by molar-refractivity contribution is -0.146. The molecule has 0 fully saturated rings. The van der Waals surface area contributed by atoms with Crippen LogP contribution in [0.25, 0.3) is 5.65 Å². The fraction of sp³-hybridized carbons (Fsp3) is 0.182. The molecule has 0 spiro atoms. The van der Waals surface area contributed by atoms with Crippen LogP contribution < -0.4 is 0 Å². The van der Waals surface area contributed by atoms with E-state index in [1.807, 2.05) is 0 Å². The Morgan fingerprint density at radius 3 is 2.61 bits per heavy atom. The molecule has 0 aliphatic heterocycles. The lowest BCUT2D eigenvalue weighted by Gasteiger charge is -2.05. The fourth-order valence-corrected chi connectivity index (χ4v) is 1.57. The topological polar surface area (TPSA) is 112 Å². The number of nitrogens with zero attached hydrogens (tertiary/aromatic N) is 2. The zero-order valence-corrected chi connectivity index (χ0v) is 9.15. The molecule has 0 aliphatic carbocycles. The van der Waals surface area contributed by atoms with E-state index >= 15 is 0 Å². The van der Waals surface area contributed by atoms with E-state index in [-0.39, 0.29) is 12.1 Å². The molecule has 7 nitrogen and oxygen atoms in total. The molecular weight excluding hydrogens is 240 g/mol. The van der Waals surface area contributed by atoms with Gasteiger partial charge in [0.2, 0.25) is 0 Å². The SMILES string of the molecule is O=C(O)c1cn2cc(CC(O)C(=O)O)ccc2n1. The first kappa shape index (κ1) is 12.1. The Morgan fingerprint density at radius 2 is 2.00 bits per heavy atom. The summed E-state index contributed by atoms with van der Waals surface area (Å²) in [7, 11) is 0. The summed E-state index contributed by atoms with van der Waals surface area (Å²) >= 11 is 0. The van der Waals surface area contributed by atoms with Gasteiger partial charge in [0.1, 0.15) is 5.65 Å². The first-order chi connectivity index (χ1) is 8.47. The van der Waals surface area contributed by atoms with Crippen LogP contribution in [-0.2, 0) is 11.2 Å². The van der Waals surface area contributed by atoms with Gasteiger partial charge in [0.15, 0.2) is 11.8 Å². The van der Waals surface area contributed by atoms with Gasteiger partial charge in [-0.25, -0.2) is 14.6 Å². The number of hydrogen-bond donors (Lipinski definition) is 3. The van der Waals surface area contributed by atoms with Gasteiger partial charge in [-0.05, 0) is 11.6 Å². The summed E-state index contributed by atoms with van der Waals surface area (Å²) in [6.07, 6.45) is 1.34. The van der Waals surface area contributed by atoms with Crippen LogP contribution in [-0.4, -0.2) is 42.7 Å². The van der Waals surface area contributed by atoms with E-state index in [0.717, 1.165) is 0 Å². The van der Waals surface area contributed by atoms with Gasteiger partial charge in [-0.1, -0.05) is 6.07 Å². The molecule has 0 amide bonds. The normalized spacial score (nSPS) is 12.5. The van der Waals surface area contributed by atoms with Crippen molar-refractivity contribution < 1.29 is 24.9 Å². The second kappa shape index (κ2) is 4.46. The van der Waals surface area contributed by atoms with Crippen molar-refractivity contribution in [2.24, 2.45) is 0 Å². The van der Waals surface area contributed by atoms with Gasteiger partial charge in [-0.3, -0.25) is 0 Å². The molecular formula is C11H10N2O5. The maximum absolute atomic E-state index is 10.7. The maximum atomic E-state index is 10.7. The number of fused-ring (bicyclic) bond motifs is 1. The highest BCUT2D eigenvalue weighted by molar-refractivity contribution is 5.86. The van der Waals surface area contributed by atoms with Crippen molar-refractivity contribution in [2.75, 3.05) is 0 Å². The summed E-state index contributed by atoms with van der Waals surface area (Å²) in [6.45, 7) is 0. The number of aliphatic hydroxyl groups excluding tert-OH is 1. The third kappa shape index (κ3) is 2.30. The molecule has 0 aliphatic rings. The van der Waals surface area contributed by atoms with Crippen molar-refractivity contribution in [1.82, 2.24) is 9.38 Å². The molecule has 0 saturated carbocycles. The minimum absolute atomic E-state index is 0.0497. The molecule has 3 N–H and O–H groups in total. The molecule has 1 unspecified atom stereocenters. The van der Waals surface area contributed by atoms with E-state index in [1.165, 1.54) is 10.6 Å². The number of pyridine rings is 1. The monoisotopic (exact) mass is 250 g/mol.